The van der Waals surface area contributed by atoms with Gasteiger partial charge in [0.1, 0.15) is 5.75 Å². The third kappa shape index (κ3) is 4.57. The number of nitrogens with two attached hydrogens (primary N) is 1. The first-order chi connectivity index (χ1) is 15.2. The fraction of sp³-hybridized carbons (Fsp3) is 0.0357. The van der Waals surface area contributed by atoms with Crippen molar-refractivity contribution in [2.24, 2.45) is 0 Å². The lowest BCUT2D eigenvalue weighted by atomic mass is 9.91. The molecule has 0 heterocycles. The maximum absolute atomic E-state index is 12.5. The molecule has 0 fully saturated rings. The number of nitrogen functional groups attached to an aromatic ring is 1. The van der Waals surface area contributed by atoms with Crippen LogP contribution >= 0.6 is 0 Å². The van der Waals surface area contributed by atoms with Gasteiger partial charge in [0, 0.05) is 16.8 Å². The highest BCUT2D eigenvalue weighted by Gasteiger charge is 2.11. The van der Waals surface area contributed by atoms with Gasteiger partial charge in [-0.3, -0.25) is 4.79 Å². The molecular weight excluding hydrogens is 382 g/mol. The molecule has 0 spiro atoms. The van der Waals surface area contributed by atoms with Crippen LogP contribution in [-0.4, -0.2) is 12.9 Å². The third-order valence-electron chi connectivity index (χ3n) is 5.18. The van der Waals surface area contributed by atoms with E-state index in [9.17, 15) is 4.79 Å². The van der Waals surface area contributed by atoms with Crippen LogP contribution in [0.3, 0.4) is 0 Å². The quantitative estimate of drug-likeness (QED) is 0.226. The number of carbonyl (C=O) groups excluding carboxylic acids is 1. The molecular formula is C28H23NO2. The topological polar surface area (TPSA) is 52.3 Å². The number of methoxy groups -OCH3 is 1. The Kier molecular flexibility index (Phi) is 5.95. The fourth-order valence-electron chi connectivity index (χ4n) is 3.52. The molecule has 0 aliphatic rings. The van der Waals surface area contributed by atoms with Crippen LogP contribution in [0.25, 0.3) is 28.3 Å². The zero-order valence-corrected chi connectivity index (χ0v) is 17.3. The van der Waals surface area contributed by atoms with Gasteiger partial charge < -0.3 is 10.5 Å². The van der Waals surface area contributed by atoms with Crippen molar-refractivity contribution in [2.75, 3.05) is 12.8 Å². The normalized spacial score (nSPS) is 10.9. The largest absolute Gasteiger partial charge is 0.497 e. The van der Waals surface area contributed by atoms with Crippen LogP contribution in [0.15, 0.2) is 103 Å². The Morgan fingerprint density at radius 1 is 0.774 bits per heavy atom. The van der Waals surface area contributed by atoms with Gasteiger partial charge in [-0.05, 0) is 52.6 Å². The summed E-state index contributed by atoms with van der Waals surface area (Å²) >= 11 is 0. The average molecular weight is 405 g/mol. The van der Waals surface area contributed by atoms with Crippen LogP contribution in [0.5, 0.6) is 5.75 Å². The van der Waals surface area contributed by atoms with E-state index < -0.39 is 0 Å². The van der Waals surface area contributed by atoms with Crippen molar-refractivity contribution in [1.29, 1.82) is 0 Å². The molecule has 0 radical (unpaired) electrons. The van der Waals surface area contributed by atoms with E-state index in [2.05, 4.69) is 12.1 Å². The van der Waals surface area contributed by atoms with E-state index in [1.165, 1.54) is 0 Å². The Hall–Kier alpha value is -4.11. The molecule has 31 heavy (non-hydrogen) atoms. The fourth-order valence-corrected chi connectivity index (χ4v) is 3.52. The molecule has 3 heteroatoms. The summed E-state index contributed by atoms with van der Waals surface area (Å²) in [5, 5.41) is 0. The van der Waals surface area contributed by atoms with E-state index in [0.29, 0.717) is 5.56 Å². The van der Waals surface area contributed by atoms with Crippen molar-refractivity contribution in [2.45, 2.75) is 0 Å². The Balaban J connectivity index is 1.76. The van der Waals surface area contributed by atoms with Crippen LogP contribution in [0.1, 0.15) is 15.9 Å². The highest BCUT2D eigenvalue weighted by Crippen LogP contribution is 2.36. The highest BCUT2D eigenvalue weighted by atomic mass is 16.5. The van der Waals surface area contributed by atoms with Gasteiger partial charge in [-0.25, -0.2) is 0 Å². The van der Waals surface area contributed by atoms with Gasteiger partial charge in [0.15, 0.2) is 5.78 Å². The molecule has 152 valence electrons. The van der Waals surface area contributed by atoms with E-state index in [4.69, 9.17) is 10.5 Å². The summed E-state index contributed by atoms with van der Waals surface area (Å²) in [4.78, 5) is 12.5. The van der Waals surface area contributed by atoms with Gasteiger partial charge in [0.25, 0.3) is 0 Å². The molecule has 0 unspecified atom stereocenters. The number of allylic oxidation sites excluding steroid dienone is 1. The van der Waals surface area contributed by atoms with Crippen molar-refractivity contribution in [3.63, 3.8) is 0 Å². The highest BCUT2D eigenvalue weighted by molar-refractivity contribution is 6.07. The lowest BCUT2D eigenvalue weighted by Gasteiger charge is -2.14. The van der Waals surface area contributed by atoms with E-state index in [1.807, 2.05) is 91.0 Å². The number of hydrogen-bond donors (Lipinski definition) is 1. The van der Waals surface area contributed by atoms with Crippen LogP contribution < -0.4 is 10.5 Å². The molecule has 0 aromatic heterocycles. The summed E-state index contributed by atoms with van der Waals surface area (Å²) < 4.78 is 5.30. The predicted molar refractivity (Wildman–Crippen MR) is 128 cm³/mol. The molecule has 4 rings (SSSR count). The second-order valence-electron chi connectivity index (χ2n) is 7.18. The van der Waals surface area contributed by atoms with Crippen LogP contribution in [0.4, 0.5) is 5.69 Å². The smallest absolute Gasteiger partial charge is 0.185 e. The molecule has 2 N–H and O–H groups in total. The summed E-state index contributed by atoms with van der Waals surface area (Å²) in [6, 6.07) is 31.2. The summed E-state index contributed by atoms with van der Waals surface area (Å²) in [6.45, 7) is 0. The van der Waals surface area contributed by atoms with E-state index >= 15 is 0 Å². The molecule has 0 amide bonds. The molecule has 0 bridgehead atoms. The van der Waals surface area contributed by atoms with Crippen molar-refractivity contribution in [1.82, 2.24) is 0 Å². The lowest BCUT2D eigenvalue weighted by Crippen LogP contribution is -1.94. The maximum Gasteiger partial charge on any atom is 0.185 e. The molecule has 0 saturated heterocycles. The van der Waals surface area contributed by atoms with Crippen LogP contribution in [-0.2, 0) is 0 Å². The Morgan fingerprint density at radius 2 is 1.48 bits per heavy atom. The number of rotatable bonds is 6. The molecule has 4 aromatic rings. The second kappa shape index (κ2) is 9.14. The first-order valence-electron chi connectivity index (χ1n) is 10.1. The molecule has 3 nitrogen and oxygen atoms in total. The van der Waals surface area contributed by atoms with Crippen LogP contribution in [0, 0.1) is 0 Å². The number of hydrogen-bond acceptors (Lipinski definition) is 3. The van der Waals surface area contributed by atoms with Crippen molar-refractivity contribution < 1.29 is 9.53 Å². The van der Waals surface area contributed by atoms with Gasteiger partial charge in [-0.15, -0.1) is 0 Å². The number of carbonyl (C=O) groups is 1. The van der Waals surface area contributed by atoms with E-state index in [1.54, 1.807) is 13.2 Å². The second-order valence-corrected chi connectivity index (χ2v) is 7.18. The lowest BCUT2D eigenvalue weighted by molar-refractivity contribution is 0.104. The van der Waals surface area contributed by atoms with Gasteiger partial charge in [-0.2, -0.15) is 0 Å². The Bertz CT molecular complexity index is 1230. The zero-order chi connectivity index (χ0) is 21.6. The van der Waals surface area contributed by atoms with E-state index in [-0.39, 0.29) is 5.78 Å². The van der Waals surface area contributed by atoms with Crippen molar-refractivity contribution in [3.05, 3.63) is 114 Å². The van der Waals surface area contributed by atoms with Crippen LogP contribution in [0.2, 0.25) is 0 Å². The summed E-state index contributed by atoms with van der Waals surface area (Å²) in [7, 11) is 1.65. The summed E-state index contributed by atoms with van der Waals surface area (Å²) in [6.07, 6.45) is 3.46. The third-order valence-corrected chi connectivity index (χ3v) is 5.18. The number of para-hydroxylation sites is 1. The molecule has 0 atom stereocenters. The van der Waals surface area contributed by atoms with E-state index in [0.717, 1.165) is 39.3 Å². The Labute approximate surface area is 182 Å². The number of ketones is 1. The van der Waals surface area contributed by atoms with Crippen molar-refractivity contribution in [3.8, 4) is 28.0 Å². The average Bonchev–Trinajstić information content (AvgIpc) is 2.83. The SMILES string of the molecule is COc1ccc(-c2cc(C=CC(=O)c3ccccc3)ccc2-c2ccccc2N)cc1. The van der Waals surface area contributed by atoms with Crippen molar-refractivity contribution >= 4 is 17.5 Å². The monoisotopic (exact) mass is 405 g/mol. The minimum atomic E-state index is -0.0250. The number of anilines is 1. The summed E-state index contributed by atoms with van der Waals surface area (Å²) in [5.41, 5.74) is 12.7. The first kappa shape index (κ1) is 20.2. The van der Waals surface area contributed by atoms with Gasteiger partial charge >= 0.3 is 0 Å². The molecule has 4 aromatic carbocycles. The number of ether oxygens (including phenoxy) is 1. The molecule has 0 aliphatic carbocycles. The van der Waals surface area contributed by atoms with Gasteiger partial charge in [0.2, 0.25) is 0 Å². The van der Waals surface area contributed by atoms with Gasteiger partial charge in [-0.1, -0.05) is 78.9 Å². The number of benzene rings is 4. The molecule has 0 aliphatic heterocycles. The zero-order valence-electron chi connectivity index (χ0n) is 17.3. The van der Waals surface area contributed by atoms with Gasteiger partial charge in [0.05, 0.1) is 7.11 Å². The first-order valence-corrected chi connectivity index (χ1v) is 10.1. The maximum atomic E-state index is 12.5. The minimum absolute atomic E-state index is 0.0250. The standard InChI is InChI=1S/C28H23NO2/c1-31-23-15-13-21(14-16-23)26-19-20(12-18-28(30)22-7-3-2-4-8-22)11-17-24(26)25-9-5-6-10-27(25)29/h2-19H,29H2,1H3. The predicted octanol–water partition coefficient (Wildman–Crippen LogP) is 6.51. The minimum Gasteiger partial charge on any atom is -0.497 e. The molecule has 0 saturated carbocycles. The Morgan fingerprint density at radius 3 is 2.19 bits per heavy atom. The summed E-state index contributed by atoms with van der Waals surface area (Å²) in [5.74, 6) is 0.775.